The molecule has 0 aliphatic rings. The lowest BCUT2D eigenvalue weighted by Gasteiger charge is -2.51. The maximum Gasteiger partial charge on any atom is 0.172 e. The Bertz CT molecular complexity index is 234. The van der Waals surface area contributed by atoms with Crippen LogP contribution in [0.15, 0.2) is 0 Å². The normalized spacial score (nSPS) is 13.5. The molecule has 0 aliphatic carbocycles. The third kappa shape index (κ3) is 4.68. The summed E-state index contributed by atoms with van der Waals surface area (Å²) in [4.78, 5) is 39.9. The Labute approximate surface area is 142 Å². The highest BCUT2D eigenvalue weighted by Gasteiger charge is 2.58. The van der Waals surface area contributed by atoms with Gasteiger partial charge in [-0.2, -0.15) is 0 Å². The van der Waals surface area contributed by atoms with Gasteiger partial charge in [-0.1, -0.05) is 0 Å². The number of hydrogen-bond donors (Lipinski definition) is 4. The first-order chi connectivity index (χ1) is 9.38. The second-order valence-corrected chi connectivity index (χ2v) is 8.78. The van der Waals surface area contributed by atoms with Crippen molar-refractivity contribution in [3.05, 3.63) is 0 Å². The van der Waals surface area contributed by atoms with Gasteiger partial charge in [0.25, 0.3) is 0 Å². The third-order valence-electron chi connectivity index (χ3n) is 3.66. The highest BCUT2D eigenvalue weighted by Crippen LogP contribution is 2.66. The van der Waals surface area contributed by atoms with Crippen LogP contribution < -0.4 is 0 Å². The minimum absolute atomic E-state index is 0.145. The number of rotatable bonds is 11. The van der Waals surface area contributed by atoms with Gasteiger partial charge in [-0.25, -0.2) is 0 Å². The zero-order valence-corrected chi connectivity index (χ0v) is 15.7. The molecule has 0 amide bonds. The van der Waals surface area contributed by atoms with Crippen molar-refractivity contribution in [1.82, 2.24) is 0 Å². The van der Waals surface area contributed by atoms with E-state index in [1.807, 2.05) is 0 Å². The molecular formula is C10H20Cl4O4P2. The predicted molar refractivity (Wildman–Crippen MR) is 89.5 cm³/mol. The van der Waals surface area contributed by atoms with Crippen molar-refractivity contribution in [2.24, 2.45) is 0 Å². The van der Waals surface area contributed by atoms with E-state index in [2.05, 4.69) is 0 Å². The van der Waals surface area contributed by atoms with Gasteiger partial charge in [0.1, 0.15) is 0 Å². The first kappa shape index (κ1) is 21.9. The fraction of sp³-hybridized carbons (Fsp3) is 1.00. The summed E-state index contributed by atoms with van der Waals surface area (Å²) < 4.78 is 0. The Morgan fingerprint density at radius 2 is 0.750 bits per heavy atom. The Kier molecular flexibility index (Phi) is 11.6. The first-order valence-corrected chi connectivity index (χ1v) is 10.6. The van der Waals surface area contributed by atoms with Crippen LogP contribution in [0.2, 0.25) is 0 Å². The highest BCUT2D eigenvalue weighted by molar-refractivity contribution is 7.52. The average molecular weight is 408 g/mol. The van der Waals surface area contributed by atoms with E-state index >= 15 is 0 Å². The van der Waals surface area contributed by atoms with Crippen molar-refractivity contribution in [3.63, 3.8) is 0 Å². The van der Waals surface area contributed by atoms with Gasteiger partial charge < -0.3 is 19.6 Å². The van der Waals surface area contributed by atoms with Crippen molar-refractivity contribution in [2.75, 3.05) is 23.5 Å². The van der Waals surface area contributed by atoms with E-state index in [-0.39, 0.29) is 49.2 Å². The molecule has 0 aromatic rings. The molecule has 10 heteroatoms. The van der Waals surface area contributed by atoms with Crippen LogP contribution in [0.4, 0.5) is 0 Å². The zero-order chi connectivity index (χ0) is 15.8. The lowest BCUT2D eigenvalue weighted by molar-refractivity contribution is 0.279. The molecule has 122 valence electrons. The standard InChI is InChI=1S/C10H20Cl4O4P2/c11-5-1-9(2-6-12,19(15)16)10(3-7-13,4-8-14)20(17)18/h15-18H,1-8H2. The van der Waals surface area contributed by atoms with Crippen LogP contribution in [-0.2, 0) is 0 Å². The quantitative estimate of drug-likeness (QED) is 0.312. The molecule has 0 unspecified atom stereocenters. The smallest absolute Gasteiger partial charge is 0.172 e. The van der Waals surface area contributed by atoms with Crippen LogP contribution in [0.5, 0.6) is 0 Å². The minimum atomic E-state index is -2.49. The molecule has 0 bridgehead atoms. The van der Waals surface area contributed by atoms with E-state index < -0.39 is 27.1 Å². The number of alkyl halides is 4. The molecule has 0 rings (SSSR count). The maximum absolute atomic E-state index is 9.97. The topological polar surface area (TPSA) is 80.9 Å². The van der Waals surface area contributed by atoms with Gasteiger partial charge in [-0.3, -0.25) is 0 Å². The molecule has 0 aliphatic heterocycles. The van der Waals surface area contributed by atoms with Crippen LogP contribution in [0.25, 0.3) is 0 Å². The van der Waals surface area contributed by atoms with Crippen molar-refractivity contribution in [2.45, 2.75) is 36.0 Å². The van der Waals surface area contributed by atoms with Gasteiger partial charge in [-0.05, 0) is 25.7 Å². The summed E-state index contributed by atoms with van der Waals surface area (Å²) >= 11 is 23.2. The van der Waals surface area contributed by atoms with E-state index in [0.29, 0.717) is 0 Å². The first-order valence-electron chi connectivity index (χ1n) is 5.98. The lowest BCUT2D eigenvalue weighted by atomic mass is 9.81. The summed E-state index contributed by atoms with van der Waals surface area (Å²) in [7, 11) is -4.99. The molecule has 0 saturated carbocycles. The maximum atomic E-state index is 9.97. The van der Waals surface area contributed by atoms with Gasteiger partial charge >= 0.3 is 0 Å². The largest absolute Gasteiger partial charge is 0.350 e. The molecule has 0 saturated heterocycles. The van der Waals surface area contributed by atoms with Crippen molar-refractivity contribution in [3.8, 4) is 0 Å². The molecule has 4 nitrogen and oxygen atoms in total. The molecule has 0 spiro atoms. The van der Waals surface area contributed by atoms with Crippen molar-refractivity contribution < 1.29 is 19.6 Å². The molecule has 0 atom stereocenters. The van der Waals surface area contributed by atoms with Gasteiger partial charge in [0, 0.05) is 23.5 Å². The van der Waals surface area contributed by atoms with Crippen LogP contribution in [-0.4, -0.2) is 53.4 Å². The molecule has 0 heterocycles. The van der Waals surface area contributed by atoms with E-state index in [9.17, 15) is 19.6 Å². The Hall–Kier alpha value is 1.86. The van der Waals surface area contributed by atoms with Crippen LogP contribution in [0.1, 0.15) is 25.7 Å². The van der Waals surface area contributed by atoms with E-state index in [0.717, 1.165) is 0 Å². The molecule has 20 heavy (non-hydrogen) atoms. The summed E-state index contributed by atoms with van der Waals surface area (Å²) in [6.45, 7) is 0. The molecule has 0 aromatic carbocycles. The lowest BCUT2D eigenvalue weighted by Crippen LogP contribution is -2.52. The molecule has 0 radical (unpaired) electrons. The van der Waals surface area contributed by atoms with Crippen LogP contribution in [0.3, 0.4) is 0 Å². The summed E-state index contributed by atoms with van der Waals surface area (Å²) in [5.74, 6) is 0.581. The molecule has 4 N–H and O–H groups in total. The summed E-state index contributed by atoms with van der Waals surface area (Å²) in [6, 6.07) is 0. The Balaban J connectivity index is 5.91. The van der Waals surface area contributed by atoms with E-state index in [4.69, 9.17) is 46.4 Å². The third-order valence-corrected chi connectivity index (χ3v) is 7.88. The molecule has 0 aromatic heterocycles. The van der Waals surface area contributed by atoms with Crippen LogP contribution in [0, 0.1) is 0 Å². The minimum Gasteiger partial charge on any atom is -0.350 e. The van der Waals surface area contributed by atoms with Gasteiger partial charge in [0.2, 0.25) is 0 Å². The predicted octanol–water partition coefficient (Wildman–Crippen LogP) is 3.57. The molecule has 0 fully saturated rings. The van der Waals surface area contributed by atoms with Gasteiger partial charge in [0.05, 0.1) is 10.3 Å². The average Bonchev–Trinajstić information content (AvgIpc) is 2.37. The van der Waals surface area contributed by atoms with Gasteiger partial charge in [-0.15, -0.1) is 46.4 Å². The van der Waals surface area contributed by atoms with E-state index in [1.165, 1.54) is 0 Å². The SMILES string of the molecule is OP(O)C(CCCl)(CCCl)C(CCCl)(CCCl)P(O)O. The summed E-state index contributed by atoms with van der Waals surface area (Å²) in [6.07, 6.45) is 0.808. The van der Waals surface area contributed by atoms with Crippen molar-refractivity contribution >= 4 is 63.2 Å². The van der Waals surface area contributed by atoms with Gasteiger partial charge in [0.15, 0.2) is 16.8 Å². The van der Waals surface area contributed by atoms with Crippen LogP contribution >= 0.6 is 63.2 Å². The second kappa shape index (κ2) is 10.6. The second-order valence-electron chi connectivity index (χ2n) is 4.40. The summed E-state index contributed by atoms with van der Waals surface area (Å²) in [5.41, 5.74) is 0. The van der Waals surface area contributed by atoms with E-state index in [1.54, 1.807) is 0 Å². The number of halogens is 4. The molecular weight excluding hydrogens is 388 g/mol. The summed E-state index contributed by atoms with van der Waals surface area (Å²) in [5, 5.41) is -2.38. The monoisotopic (exact) mass is 406 g/mol. The fourth-order valence-corrected chi connectivity index (χ4v) is 7.37. The number of hydrogen-bond acceptors (Lipinski definition) is 4. The zero-order valence-electron chi connectivity index (χ0n) is 10.9. The fourth-order valence-electron chi connectivity index (χ4n) is 2.58. The Morgan fingerprint density at radius 1 is 0.550 bits per heavy atom. The Morgan fingerprint density at radius 3 is 0.850 bits per heavy atom. The van der Waals surface area contributed by atoms with Crippen molar-refractivity contribution in [1.29, 1.82) is 0 Å². The highest BCUT2D eigenvalue weighted by atomic mass is 35.5.